The number of amides is 1. The number of nitro groups is 1. The van der Waals surface area contributed by atoms with Crippen LogP contribution in [0.1, 0.15) is 30.3 Å². The maximum Gasteiger partial charge on any atom is 0.323 e. The third-order valence-corrected chi connectivity index (χ3v) is 2.69. The zero-order chi connectivity index (χ0) is 13.7. The van der Waals surface area contributed by atoms with E-state index in [1.807, 2.05) is 6.92 Å². The molecule has 0 fully saturated rings. The summed E-state index contributed by atoms with van der Waals surface area (Å²) in [6.07, 6.45) is 1.27. The van der Waals surface area contributed by atoms with Crippen molar-refractivity contribution < 1.29 is 14.8 Å². The van der Waals surface area contributed by atoms with E-state index in [1.54, 1.807) is 0 Å². The number of hydrogen-bond donors (Lipinski definition) is 2. The lowest BCUT2D eigenvalue weighted by molar-refractivity contribution is -0.391. The molecular weight excluding hydrogens is 238 g/mol. The first-order chi connectivity index (χ1) is 8.47. The van der Waals surface area contributed by atoms with E-state index in [1.165, 1.54) is 23.7 Å². The lowest BCUT2D eigenvalue weighted by Gasteiger charge is -2.12. The fourth-order valence-corrected chi connectivity index (χ4v) is 1.68. The van der Waals surface area contributed by atoms with Crippen molar-refractivity contribution in [3.63, 3.8) is 0 Å². The van der Waals surface area contributed by atoms with E-state index < -0.39 is 4.92 Å². The molecule has 1 aromatic heterocycles. The molecule has 0 spiro atoms. The molecule has 7 nitrogen and oxygen atoms in total. The van der Waals surface area contributed by atoms with Crippen LogP contribution >= 0.6 is 0 Å². The highest BCUT2D eigenvalue weighted by molar-refractivity contribution is 5.93. The Morgan fingerprint density at radius 2 is 2.28 bits per heavy atom. The minimum atomic E-state index is -0.536. The summed E-state index contributed by atoms with van der Waals surface area (Å²) in [4.78, 5) is 22.0. The summed E-state index contributed by atoms with van der Waals surface area (Å²) in [5, 5.41) is 22.1. The largest absolute Gasteiger partial charge is 0.396 e. The number of nitrogens with one attached hydrogen (secondary N) is 1. The third-order valence-electron chi connectivity index (χ3n) is 2.69. The average molecular weight is 255 g/mol. The fourth-order valence-electron chi connectivity index (χ4n) is 1.68. The molecule has 7 heteroatoms. The zero-order valence-corrected chi connectivity index (χ0v) is 10.4. The minimum Gasteiger partial charge on any atom is -0.396 e. The predicted molar refractivity (Wildman–Crippen MR) is 65.3 cm³/mol. The van der Waals surface area contributed by atoms with Crippen molar-refractivity contribution in [2.75, 3.05) is 6.61 Å². The van der Waals surface area contributed by atoms with Gasteiger partial charge in [-0.15, -0.1) is 0 Å². The molecule has 0 radical (unpaired) electrons. The van der Waals surface area contributed by atoms with Crippen molar-refractivity contribution in [1.29, 1.82) is 0 Å². The molecule has 0 saturated heterocycles. The van der Waals surface area contributed by atoms with Gasteiger partial charge >= 0.3 is 5.82 Å². The Morgan fingerprint density at radius 1 is 1.61 bits per heavy atom. The monoisotopic (exact) mass is 255 g/mol. The van der Waals surface area contributed by atoms with Gasteiger partial charge in [-0.1, -0.05) is 0 Å². The molecule has 100 valence electrons. The van der Waals surface area contributed by atoms with Gasteiger partial charge < -0.3 is 20.5 Å². The van der Waals surface area contributed by atoms with Gasteiger partial charge in [-0.3, -0.25) is 4.79 Å². The van der Waals surface area contributed by atoms with Crippen molar-refractivity contribution >= 4 is 11.7 Å². The summed E-state index contributed by atoms with van der Waals surface area (Å²) >= 11 is 0. The number of hydrogen-bond acceptors (Lipinski definition) is 4. The highest BCUT2D eigenvalue weighted by atomic mass is 16.6. The van der Waals surface area contributed by atoms with Gasteiger partial charge in [0.15, 0.2) is 5.69 Å². The topological polar surface area (TPSA) is 97.4 Å². The lowest BCUT2D eigenvalue weighted by Crippen LogP contribution is -2.33. The van der Waals surface area contributed by atoms with Gasteiger partial charge in [-0.25, -0.2) is 4.57 Å². The molecule has 1 atom stereocenters. The number of aliphatic hydroxyl groups is 1. The summed E-state index contributed by atoms with van der Waals surface area (Å²) < 4.78 is 1.24. The van der Waals surface area contributed by atoms with Gasteiger partial charge in [0.2, 0.25) is 0 Å². The molecule has 1 rings (SSSR count). The molecule has 18 heavy (non-hydrogen) atoms. The summed E-state index contributed by atoms with van der Waals surface area (Å²) in [7, 11) is 1.48. The van der Waals surface area contributed by atoms with Gasteiger partial charge in [0.05, 0.1) is 7.05 Å². The second-order valence-electron chi connectivity index (χ2n) is 4.13. The zero-order valence-electron chi connectivity index (χ0n) is 10.4. The van der Waals surface area contributed by atoms with Crippen LogP contribution in [0.2, 0.25) is 0 Å². The molecular formula is C11H17N3O4. The summed E-state index contributed by atoms with van der Waals surface area (Å²) in [6.45, 7) is 1.90. The van der Waals surface area contributed by atoms with E-state index in [0.717, 1.165) is 0 Å². The molecule has 1 unspecified atom stereocenters. The first-order valence-corrected chi connectivity index (χ1v) is 5.69. The Morgan fingerprint density at radius 3 is 2.78 bits per heavy atom. The van der Waals surface area contributed by atoms with E-state index >= 15 is 0 Å². The van der Waals surface area contributed by atoms with Crippen molar-refractivity contribution in [3.05, 3.63) is 27.9 Å². The van der Waals surface area contributed by atoms with Crippen molar-refractivity contribution in [3.8, 4) is 0 Å². The minimum absolute atomic E-state index is 0.0792. The maximum atomic E-state index is 11.9. The van der Waals surface area contributed by atoms with Gasteiger partial charge in [0.1, 0.15) is 0 Å². The molecule has 1 amide bonds. The van der Waals surface area contributed by atoms with E-state index in [2.05, 4.69) is 5.32 Å². The standard InChI is InChI=1S/C11H17N3O4/c1-8(4-3-7-15)12-11(16)9-5-6-10(13(9)2)14(17)18/h5-6,8,15H,3-4,7H2,1-2H3,(H,12,16). The number of rotatable bonds is 6. The normalized spacial score (nSPS) is 12.2. The van der Waals surface area contributed by atoms with Crippen molar-refractivity contribution in [1.82, 2.24) is 9.88 Å². The van der Waals surface area contributed by atoms with Crippen LogP contribution in [-0.2, 0) is 7.05 Å². The smallest absolute Gasteiger partial charge is 0.323 e. The summed E-state index contributed by atoms with van der Waals surface area (Å²) in [5.74, 6) is -0.473. The van der Waals surface area contributed by atoms with Crippen LogP contribution in [0.5, 0.6) is 0 Å². The highest BCUT2D eigenvalue weighted by Crippen LogP contribution is 2.15. The van der Waals surface area contributed by atoms with Crippen molar-refractivity contribution in [2.45, 2.75) is 25.8 Å². The summed E-state index contributed by atoms with van der Waals surface area (Å²) in [6, 6.07) is 2.64. The molecule has 0 aromatic carbocycles. The molecule has 0 aliphatic carbocycles. The second-order valence-corrected chi connectivity index (χ2v) is 4.13. The Bertz CT molecular complexity index is 441. The first-order valence-electron chi connectivity index (χ1n) is 5.69. The van der Waals surface area contributed by atoms with Crippen LogP contribution in [0.25, 0.3) is 0 Å². The van der Waals surface area contributed by atoms with Crippen LogP contribution < -0.4 is 5.32 Å². The number of carbonyl (C=O) groups is 1. The van der Waals surface area contributed by atoms with Crippen LogP contribution in [0.3, 0.4) is 0 Å². The Hall–Kier alpha value is -1.89. The van der Waals surface area contributed by atoms with E-state index in [4.69, 9.17) is 5.11 Å². The maximum absolute atomic E-state index is 11.9. The molecule has 0 aliphatic heterocycles. The molecule has 1 aromatic rings. The van der Waals surface area contributed by atoms with Crippen LogP contribution in [0, 0.1) is 10.1 Å². The average Bonchev–Trinajstić information content (AvgIpc) is 2.68. The van der Waals surface area contributed by atoms with E-state index in [-0.39, 0.29) is 30.1 Å². The molecule has 1 heterocycles. The predicted octanol–water partition coefficient (Wildman–Crippen LogP) is 0.824. The first kappa shape index (κ1) is 14.2. The number of nitrogens with zero attached hydrogens (tertiary/aromatic N) is 2. The second kappa shape index (κ2) is 6.15. The Balaban J connectivity index is 2.70. The van der Waals surface area contributed by atoms with Crippen LogP contribution in [0.15, 0.2) is 12.1 Å². The molecule has 0 aliphatic rings. The Kier molecular flexibility index (Phi) is 4.85. The van der Waals surface area contributed by atoms with Crippen molar-refractivity contribution in [2.24, 2.45) is 7.05 Å². The third kappa shape index (κ3) is 3.30. The van der Waals surface area contributed by atoms with Crippen LogP contribution in [0.4, 0.5) is 5.82 Å². The lowest BCUT2D eigenvalue weighted by atomic mass is 10.2. The van der Waals surface area contributed by atoms with E-state index in [0.29, 0.717) is 12.8 Å². The number of aromatic nitrogens is 1. The SMILES string of the molecule is CC(CCCO)NC(=O)c1ccc([N+](=O)[O-])n1C. The van der Waals surface area contributed by atoms with E-state index in [9.17, 15) is 14.9 Å². The van der Waals surface area contributed by atoms with Gasteiger partial charge in [0.25, 0.3) is 5.91 Å². The highest BCUT2D eigenvalue weighted by Gasteiger charge is 2.21. The molecule has 2 N–H and O–H groups in total. The summed E-state index contributed by atoms with van der Waals surface area (Å²) in [5.41, 5.74) is 0.248. The van der Waals surface area contributed by atoms with Gasteiger partial charge in [-0.2, -0.15) is 0 Å². The molecule has 0 saturated carbocycles. The van der Waals surface area contributed by atoms with Gasteiger partial charge in [-0.05, 0) is 30.8 Å². The Labute approximate surface area is 105 Å². The van der Waals surface area contributed by atoms with Gasteiger partial charge in [0, 0.05) is 18.7 Å². The number of carbonyl (C=O) groups excluding carboxylic acids is 1. The number of aliphatic hydroxyl groups excluding tert-OH is 1. The molecule has 0 bridgehead atoms. The quantitative estimate of drug-likeness (QED) is 0.581. The fraction of sp³-hybridized carbons (Fsp3) is 0.545. The van der Waals surface area contributed by atoms with Crippen LogP contribution in [-0.4, -0.2) is 33.2 Å².